The molecular weight excluding hydrogens is 398 g/mol. The predicted octanol–water partition coefficient (Wildman–Crippen LogP) is 2.56. The second-order valence-electron chi connectivity index (χ2n) is 5.29. The molecule has 1 amide bonds. The number of amides is 1. The second kappa shape index (κ2) is 8.80. The molecule has 2 N–H and O–H groups in total. The molecule has 0 unspecified atom stereocenters. The maximum Gasteiger partial charge on any atom is 0.296 e. The number of benzene rings is 2. The van der Waals surface area contributed by atoms with Crippen LogP contribution in [0.5, 0.6) is 5.75 Å². The van der Waals surface area contributed by atoms with Gasteiger partial charge in [0.2, 0.25) is 15.9 Å². The molecule has 0 heterocycles. The quantitative estimate of drug-likeness (QED) is 0.505. The van der Waals surface area contributed by atoms with Crippen LogP contribution in [0.25, 0.3) is 0 Å². The molecule has 9 nitrogen and oxygen atoms in total. The number of carbonyl (C=O) groups excluding carboxylic acids is 1. The van der Waals surface area contributed by atoms with Gasteiger partial charge >= 0.3 is 0 Å². The Kier molecular flexibility index (Phi) is 6.72. The third-order valence-corrected chi connectivity index (χ3v) is 5.17. The van der Waals surface area contributed by atoms with Gasteiger partial charge in [-0.3, -0.25) is 14.9 Å². The van der Waals surface area contributed by atoms with E-state index < -0.39 is 20.9 Å². The number of anilines is 1. The van der Waals surface area contributed by atoms with E-state index in [0.717, 1.165) is 0 Å². The monoisotopic (exact) mass is 413 g/mol. The van der Waals surface area contributed by atoms with E-state index in [1.165, 1.54) is 49.6 Å². The molecule has 0 aliphatic heterocycles. The van der Waals surface area contributed by atoms with E-state index in [2.05, 4.69) is 10.0 Å². The molecule has 0 radical (unpaired) electrons. The molecule has 2 rings (SSSR count). The predicted molar refractivity (Wildman–Crippen MR) is 99.5 cm³/mol. The first-order valence-electron chi connectivity index (χ1n) is 7.60. The van der Waals surface area contributed by atoms with Crippen LogP contribution in [0.1, 0.15) is 6.42 Å². The fourth-order valence-electron chi connectivity index (χ4n) is 2.10. The summed E-state index contributed by atoms with van der Waals surface area (Å²) < 4.78 is 31.4. The number of hydrogen-bond acceptors (Lipinski definition) is 6. The van der Waals surface area contributed by atoms with E-state index in [1.807, 2.05) is 0 Å². The van der Waals surface area contributed by atoms with Gasteiger partial charge in [0.1, 0.15) is 11.4 Å². The molecule has 0 atom stereocenters. The lowest BCUT2D eigenvalue weighted by atomic mass is 10.2. The molecule has 0 saturated heterocycles. The van der Waals surface area contributed by atoms with E-state index in [9.17, 15) is 23.3 Å². The van der Waals surface area contributed by atoms with E-state index in [1.54, 1.807) is 0 Å². The zero-order chi connectivity index (χ0) is 20.0. The number of nitrogens with one attached hydrogen (secondary N) is 2. The standard InChI is InChI=1S/C16H16ClN3O6S/c1-26-12-4-7-14(15(10-12)20(22)23)19-16(21)8-9-18-27(24,25)13-5-2-11(17)3-6-13/h2-7,10,18H,8-9H2,1H3,(H,19,21). The van der Waals surface area contributed by atoms with E-state index in [-0.39, 0.29) is 35.0 Å². The first kappa shape index (κ1) is 20.6. The van der Waals surface area contributed by atoms with Gasteiger partial charge in [-0.2, -0.15) is 0 Å². The van der Waals surface area contributed by atoms with Crippen LogP contribution in [0.2, 0.25) is 5.02 Å². The van der Waals surface area contributed by atoms with E-state index in [0.29, 0.717) is 5.02 Å². The molecule has 0 aliphatic carbocycles. The summed E-state index contributed by atoms with van der Waals surface area (Å²) in [7, 11) is -2.42. The number of nitro benzene ring substituents is 1. The second-order valence-corrected chi connectivity index (χ2v) is 7.49. The maximum absolute atomic E-state index is 12.1. The molecule has 0 bridgehead atoms. The van der Waals surface area contributed by atoms with Crippen molar-refractivity contribution in [3.05, 3.63) is 57.6 Å². The number of nitro groups is 1. The maximum atomic E-state index is 12.1. The summed E-state index contributed by atoms with van der Waals surface area (Å²) in [6.07, 6.45) is -0.212. The van der Waals surface area contributed by atoms with Crippen molar-refractivity contribution < 1.29 is 22.9 Å². The number of rotatable bonds is 8. The van der Waals surface area contributed by atoms with Crippen molar-refractivity contribution in [2.24, 2.45) is 0 Å². The van der Waals surface area contributed by atoms with Crippen molar-refractivity contribution >= 4 is 38.9 Å². The Bertz CT molecular complexity index is 947. The topological polar surface area (TPSA) is 128 Å². The fourth-order valence-corrected chi connectivity index (χ4v) is 3.26. The highest BCUT2D eigenvalue weighted by molar-refractivity contribution is 7.89. The Balaban J connectivity index is 1.97. The molecule has 0 fully saturated rings. The van der Waals surface area contributed by atoms with Gasteiger partial charge in [0.25, 0.3) is 5.69 Å². The molecule has 0 spiro atoms. The van der Waals surface area contributed by atoms with Crippen LogP contribution in [-0.2, 0) is 14.8 Å². The third-order valence-electron chi connectivity index (χ3n) is 3.44. The SMILES string of the molecule is COc1ccc(NC(=O)CCNS(=O)(=O)c2ccc(Cl)cc2)c([N+](=O)[O-])c1. The van der Waals surface area contributed by atoms with Gasteiger partial charge in [0.05, 0.1) is 23.0 Å². The van der Waals surface area contributed by atoms with Gasteiger partial charge in [0.15, 0.2) is 0 Å². The largest absolute Gasteiger partial charge is 0.496 e. The highest BCUT2D eigenvalue weighted by atomic mass is 35.5. The number of halogens is 1. The molecule has 0 aliphatic rings. The number of methoxy groups -OCH3 is 1. The Hall–Kier alpha value is -2.69. The highest BCUT2D eigenvalue weighted by Gasteiger charge is 2.18. The Morgan fingerprint density at radius 3 is 2.48 bits per heavy atom. The number of sulfonamides is 1. The highest BCUT2D eigenvalue weighted by Crippen LogP contribution is 2.29. The number of ether oxygens (including phenoxy) is 1. The molecule has 2 aromatic rings. The minimum Gasteiger partial charge on any atom is -0.496 e. The lowest BCUT2D eigenvalue weighted by molar-refractivity contribution is -0.384. The average molecular weight is 414 g/mol. The minimum absolute atomic E-state index is 0.00800. The van der Waals surface area contributed by atoms with Crippen molar-refractivity contribution in [1.29, 1.82) is 0 Å². The van der Waals surface area contributed by atoms with Crippen LogP contribution in [0.15, 0.2) is 47.4 Å². The fraction of sp³-hybridized carbons (Fsp3) is 0.188. The molecule has 144 valence electrons. The van der Waals surface area contributed by atoms with Crippen molar-refractivity contribution in [1.82, 2.24) is 4.72 Å². The molecule has 11 heteroatoms. The van der Waals surface area contributed by atoms with Crippen LogP contribution in [0, 0.1) is 10.1 Å². The normalized spacial score (nSPS) is 11.0. The minimum atomic E-state index is -3.79. The van der Waals surface area contributed by atoms with Crippen molar-refractivity contribution in [2.75, 3.05) is 19.0 Å². The number of hydrogen-bond donors (Lipinski definition) is 2. The molecule has 0 aromatic heterocycles. The summed E-state index contributed by atoms with van der Waals surface area (Å²) in [4.78, 5) is 22.4. The van der Waals surface area contributed by atoms with Gasteiger partial charge in [-0.25, -0.2) is 13.1 Å². The summed E-state index contributed by atoms with van der Waals surface area (Å²) in [5.41, 5.74) is -0.337. The van der Waals surface area contributed by atoms with Crippen molar-refractivity contribution in [3.8, 4) is 5.75 Å². The number of nitrogens with zero attached hydrogens (tertiary/aromatic N) is 1. The zero-order valence-corrected chi connectivity index (χ0v) is 15.7. The summed E-state index contributed by atoms with van der Waals surface area (Å²) in [5.74, 6) is -0.308. The average Bonchev–Trinajstić information content (AvgIpc) is 2.62. The van der Waals surface area contributed by atoms with Crippen molar-refractivity contribution in [2.45, 2.75) is 11.3 Å². The lowest BCUT2D eigenvalue weighted by Gasteiger charge is -2.09. The van der Waals surface area contributed by atoms with Gasteiger partial charge in [-0.1, -0.05) is 11.6 Å². The van der Waals surface area contributed by atoms with Gasteiger partial charge in [-0.15, -0.1) is 0 Å². The van der Waals surface area contributed by atoms with E-state index >= 15 is 0 Å². The smallest absolute Gasteiger partial charge is 0.296 e. The number of carbonyl (C=O) groups is 1. The Labute approximate surface area is 160 Å². The van der Waals surface area contributed by atoms with E-state index in [4.69, 9.17) is 16.3 Å². The zero-order valence-electron chi connectivity index (χ0n) is 14.1. The molecule has 2 aromatic carbocycles. The van der Waals surface area contributed by atoms with Crippen LogP contribution < -0.4 is 14.8 Å². The first-order chi connectivity index (χ1) is 12.7. The third kappa shape index (κ3) is 5.64. The Morgan fingerprint density at radius 1 is 1.22 bits per heavy atom. The Morgan fingerprint density at radius 2 is 1.89 bits per heavy atom. The summed E-state index contributed by atoms with van der Waals surface area (Å²) in [5, 5.41) is 13.9. The summed E-state index contributed by atoms with van der Waals surface area (Å²) >= 11 is 5.71. The molecule has 27 heavy (non-hydrogen) atoms. The van der Waals surface area contributed by atoms with Gasteiger partial charge < -0.3 is 10.1 Å². The van der Waals surface area contributed by atoms with Gasteiger partial charge in [0, 0.05) is 18.0 Å². The van der Waals surface area contributed by atoms with Crippen LogP contribution >= 0.6 is 11.6 Å². The lowest BCUT2D eigenvalue weighted by Crippen LogP contribution is -2.27. The summed E-state index contributed by atoms with van der Waals surface area (Å²) in [6, 6.07) is 9.53. The van der Waals surface area contributed by atoms with Crippen LogP contribution in [-0.4, -0.2) is 32.9 Å². The van der Waals surface area contributed by atoms with Crippen LogP contribution in [0.3, 0.4) is 0 Å². The van der Waals surface area contributed by atoms with Crippen LogP contribution in [0.4, 0.5) is 11.4 Å². The van der Waals surface area contributed by atoms with Gasteiger partial charge in [-0.05, 0) is 36.4 Å². The summed E-state index contributed by atoms with van der Waals surface area (Å²) in [6.45, 7) is -0.180. The molecular formula is C16H16ClN3O6S. The molecule has 0 saturated carbocycles. The first-order valence-corrected chi connectivity index (χ1v) is 9.46. The van der Waals surface area contributed by atoms with Crippen molar-refractivity contribution in [3.63, 3.8) is 0 Å².